The number of aromatic nitrogens is 1. The van der Waals surface area contributed by atoms with Crippen LogP contribution in [0.4, 0.5) is 0 Å². The molecule has 0 amide bonds. The van der Waals surface area contributed by atoms with Crippen LogP contribution in [0.5, 0.6) is 5.75 Å². The molecule has 0 saturated heterocycles. The first-order chi connectivity index (χ1) is 11.2. The second kappa shape index (κ2) is 7.00. The zero-order valence-electron chi connectivity index (χ0n) is 13.2. The summed E-state index contributed by atoms with van der Waals surface area (Å²) in [6.07, 6.45) is 1.84. The molecular formula is C18H19N3OS. The second-order valence-corrected chi connectivity index (χ2v) is 5.85. The van der Waals surface area contributed by atoms with Gasteiger partial charge in [0.1, 0.15) is 5.75 Å². The molecule has 1 heterocycles. The molecule has 4 nitrogen and oxygen atoms in total. The summed E-state index contributed by atoms with van der Waals surface area (Å²) in [5.74, 6) is 0.819. The fraction of sp³-hybridized carbons (Fsp3) is 0.167. The van der Waals surface area contributed by atoms with Gasteiger partial charge in [-0.3, -0.25) is 10.1 Å². The van der Waals surface area contributed by atoms with Crippen molar-refractivity contribution in [1.82, 2.24) is 9.71 Å². The number of ether oxygens (including phenoxy) is 1. The highest BCUT2D eigenvalue weighted by Gasteiger charge is 2.07. The van der Waals surface area contributed by atoms with E-state index in [1.165, 1.54) is 22.3 Å². The predicted molar refractivity (Wildman–Crippen MR) is 97.1 cm³/mol. The van der Waals surface area contributed by atoms with Gasteiger partial charge in [-0.15, -0.1) is 0 Å². The highest BCUT2D eigenvalue weighted by Crippen LogP contribution is 2.30. The molecule has 0 aliphatic rings. The lowest BCUT2D eigenvalue weighted by atomic mass is 9.97. The van der Waals surface area contributed by atoms with Crippen molar-refractivity contribution in [2.45, 2.75) is 13.5 Å². The van der Waals surface area contributed by atoms with Crippen LogP contribution in [0.1, 0.15) is 11.1 Å². The van der Waals surface area contributed by atoms with Gasteiger partial charge in [0.15, 0.2) is 0 Å². The van der Waals surface area contributed by atoms with Crippen molar-refractivity contribution in [3.05, 3.63) is 59.8 Å². The first kappa shape index (κ1) is 15.8. The van der Waals surface area contributed by atoms with E-state index in [4.69, 9.17) is 9.88 Å². The lowest BCUT2D eigenvalue weighted by Gasteiger charge is -2.11. The Hall–Kier alpha value is -2.08. The van der Waals surface area contributed by atoms with Crippen LogP contribution in [0, 0.1) is 6.92 Å². The van der Waals surface area contributed by atoms with Crippen molar-refractivity contribution in [2.24, 2.45) is 5.14 Å². The number of nitrogens with two attached hydrogens (primary N) is 1. The van der Waals surface area contributed by atoms with E-state index in [0.29, 0.717) is 0 Å². The average Bonchev–Trinajstić information content (AvgIpc) is 2.59. The van der Waals surface area contributed by atoms with Gasteiger partial charge >= 0.3 is 0 Å². The lowest BCUT2D eigenvalue weighted by Crippen LogP contribution is -2.07. The van der Waals surface area contributed by atoms with Gasteiger partial charge in [0.25, 0.3) is 0 Å². The number of methoxy groups -OCH3 is 1. The van der Waals surface area contributed by atoms with Crippen molar-refractivity contribution in [2.75, 3.05) is 7.11 Å². The Morgan fingerprint density at radius 1 is 1.17 bits per heavy atom. The van der Waals surface area contributed by atoms with Crippen LogP contribution >= 0.6 is 12.1 Å². The fourth-order valence-electron chi connectivity index (χ4n) is 2.69. The smallest absolute Gasteiger partial charge is 0.121 e. The summed E-state index contributed by atoms with van der Waals surface area (Å²) in [5, 5.41) is 6.54. The van der Waals surface area contributed by atoms with E-state index in [1.807, 2.05) is 18.3 Å². The van der Waals surface area contributed by atoms with Gasteiger partial charge in [-0.2, -0.15) is 0 Å². The third kappa shape index (κ3) is 3.32. The van der Waals surface area contributed by atoms with Crippen LogP contribution in [-0.2, 0) is 6.54 Å². The van der Waals surface area contributed by atoms with Gasteiger partial charge in [0, 0.05) is 36.3 Å². The monoisotopic (exact) mass is 325 g/mol. The standard InChI is InChI=1S/C18H19N3OS/c1-12-9-13(3-4-14(12)11-21-23-19)16-7-8-20-18-10-15(22-2)5-6-17(16)18/h3-10,21H,11,19H2,1-2H3. The van der Waals surface area contributed by atoms with E-state index in [-0.39, 0.29) is 0 Å². The van der Waals surface area contributed by atoms with Crippen molar-refractivity contribution in [1.29, 1.82) is 0 Å². The summed E-state index contributed by atoms with van der Waals surface area (Å²) in [4.78, 5) is 4.45. The number of fused-ring (bicyclic) bond motifs is 1. The molecule has 0 saturated carbocycles. The van der Waals surface area contributed by atoms with Crippen molar-refractivity contribution in [3.63, 3.8) is 0 Å². The first-order valence-electron chi connectivity index (χ1n) is 7.34. The lowest BCUT2D eigenvalue weighted by molar-refractivity contribution is 0.415. The third-order valence-corrected chi connectivity index (χ3v) is 4.26. The van der Waals surface area contributed by atoms with Crippen LogP contribution in [0.15, 0.2) is 48.7 Å². The Morgan fingerprint density at radius 3 is 2.78 bits per heavy atom. The van der Waals surface area contributed by atoms with E-state index in [2.05, 4.69) is 47.0 Å². The summed E-state index contributed by atoms with van der Waals surface area (Å²) >= 11 is 1.14. The molecule has 0 fully saturated rings. The molecule has 23 heavy (non-hydrogen) atoms. The van der Waals surface area contributed by atoms with Crippen molar-refractivity contribution in [3.8, 4) is 16.9 Å². The zero-order valence-corrected chi connectivity index (χ0v) is 14.0. The zero-order chi connectivity index (χ0) is 16.2. The molecule has 3 rings (SSSR count). The van der Waals surface area contributed by atoms with Gasteiger partial charge in [-0.1, -0.05) is 18.2 Å². The molecule has 0 unspecified atom stereocenters. The quantitative estimate of drug-likeness (QED) is 0.698. The predicted octanol–water partition coefficient (Wildman–Crippen LogP) is 3.83. The van der Waals surface area contributed by atoms with Crippen molar-refractivity contribution < 1.29 is 4.74 Å². The molecule has 0 aliphatic heterocycles. The molecule has 5 heteroatoms. The van der Waals surface area contributed by atoms with E-state index in [9.17, 15) is 0 Å². The molecule has 0 bridgehead atoms. The fourth-order valence-corrected chi connectivity index (χ4v) is 2.93. The Kier molecular flexibility index (Phi) is 4.81. The topological polar surface area (TPSA) is 60.2 Å². The summed E-state index contributed by atoms with van der Waals surface area (Å²) in [6, 6.07) is 14.5. The maximum Gasteiger partial charge on any atom is 0.121 e. The SMILES string of the molecule is COc1ccc2c(-c3ccc(CNSN)c(C)c3)ccnc2c1. The van der Waals surface area contributed by atoms with Gasteiger partial charge in [-0.05, 0) is 47.4 Å². The molecule has 118 valence electrons. The number of nitrogens with one attached hydrogen (secondary N) is 1. The summed E-state index contributed by atoms with van der Waals surface area (Å²) in [6.45, 7) is 2.87. The number of hydrogen-bond donors (Lipinski definition) is 2. The third-order valence-electron chi connectivity index (χ3n) is 3.95. The Morgan fingerprint density at radius 2 is 2.04 bits per heavy atom. The maximum absolute atomic E-state index is 5.42. The summed E-state index contributed by atoms with van der Waals surface area (Å²) < 4.78 is 8.36. The Labute approximate surface area is 140 Å². The summed E-state index contributed by atoms with van der Waals surface area (Å²) in [7, 11) is 1.67. The number of aryl methyl sites for hydroxylation is 1. The molecule has 2 aromatic carbocycles. The molecule has 3 N–H and O–H groups in total. The number of rotatable bonds is 5. The molecule has 0 radical (unpaired) electrons. The number of benzene rings is 2. The second-order valence-electron chi connectivity index (χ2n) is 5.32. The maximum atomic E-state index is 5.42. The van der Waals surface area contributed by atoms with E-state index < -0.39 is 0 Å². The summed E-state index contributed by atoms with van der Waals surface area (Å²) in [5.41, 5.74) is 5.77. The van der Waals surface area contributed by atoms with Crippen LogP contribution in [0.2, 0.25) is 0 Å². The van der Waals surface area contributed by atoms with Crippen LogP contribution in [0.25, 0.3) is 22.0 Å². The normalized spacial score (nSPS) is 10.9. The minimum Gasteiger partial charge on any atom is -0.497 e. The Balaban J connectivity index is 2.04. The van der Waals surface area contributed by atoms with Gasteiger partial charge < -0.3 is 4.74 Å². The average molecular weight is 325 g/mol. The van der Waals surface area contributed by atoms with Crippen LogP contribution in [0.3, 0.4) is 0 Å². The number of nitrogens with zero attached hydrogens (tertiary/aromatic N) is 1. The Bertz CT molecular complexity index is 836. The van der Waals surface area contributed by atoms with E-state index in [0.717, 1.165) is 35.3 Å². The highest BCUT2D eigenvalue weighted by molar-refractivity contribution is 7.95. The number of hydrogen-bond acceptors (Lipinski definition) is 5. The van der Waals surface area contributed by atoms with Crippen LogP contribution < -0.4 is 14.6 Å². The largest absolute Gasteiger partial charge is 0.497 e. The van der Waals surface area contributed by atoms with Gasteiger partial charge in [0.05, 0.1) is 12.6 Å². The van der Waals surface area contributed by atoms with E-state index in [1.54, 1.807) is 7.11 Å². The van der Waals surface area contributed by atoms with E-state index >= 15 is 0 Å². The highest BCUT2D eigenvalue weighted by atomic mass is 32.2. The molecule has 0 aliphatic carbocycles. The molecule has 0 spiro atoms. The van der Waals surface area contributed by atoms with Gasteiger partial charge in [-0.25, -0.2) is 4.72 Å². The van der Waals surface area contributed by atoms with Crippen molar-refractivity contribution >= 4 is 23.0 Å². The molecule has 3 aromatic rings. The van der Waals surface area contributed by atoms with Gasteiger partial charge in [0.2, 0.25) is 0 Å². The minimum absolute atomic E-state index is 0.752. The minimum atomic E-state index is 0.752. The van der Waals surface area contributed by atoms with Crippen LogP contribution in [-0.4, -0.2) is 12.1 Å². The number of pyridine rings is 1. The molecular weight excluding hydrogens is 306 g/mol. The molecule has 1 aromatic heterocycles. The molecule has 0 atom stereocenters. The first-order valence-corrected chi connectivity index (χ1v) is 8.22.